The summed E-state index contributed by atoms with van der Waals surface area (Å²) in [5, 5.41) is 7.90. The summed E-state index contributed by atoms with van der Waals surface area (Å²) < 4.78 is 7.96. The smallest absolute Gasteiger partial charge is 0.0462 e. The number of hydrogen-bond acceptors (Lipinski definition) is 4. The van der Waals surface area contributed by atoms with Gasteiger partial charge in [0.05, 0.1) is 0 Å². The molecule has 0 spiro atoms. The molecule has 0 N–H and O–H groups in total. The van der Waals surface area contributed by atoms with E-state index in [9.17, 15) is 0 Å². The standard InChI is InChI=1S/C60H37NS3/c1-2-12-38(13-3-1)45-16-10-22-53-54-23-11-19-48(60(54)64-59(45)53)41-30-36-44(37-31-41)61(42-32-26-39(27-33-42)46-17-8-20-51-49-14-4-6-24-55(49)62-57(46)51)43-34-28-40(29-35-43)47-18-9-21-52-50-15-5-7-25-56(50)63-58(47)52/h1-37H. The van der Waals surface area contributed by atoms with E-state index in [0.717, 1.165) is 17.1 Å². The Balaban J connectivity index is 0.909. The minimum atomic E-state index is 1.11. The van der Waals surface area contributed by atoms with Gasteiger partial charge in [-0.1, -0.05) is 176 Å². The lowest BCUT2D eigenvalue weighted by atomic mass is 9.99. The van der Waals surface area contributed by atoms with Gasteiger partial charge >= 0.3 is 0 Å². The van der Waals surface area contributed by atoms with Crippen molar-refractivity contribution < 1.29 is 0 Å². The van der Waals surface area contributed by atoms with Crippen molar-refractivity contribution in [1.29, 1.82) is 0 Å². The van der Waals surface area contributed by atoms with Crippen molar-refractivity contribution in [2.75, 3.05) is 4.90 Å². The summed E-state index contributed by atoms with van der Waals surface area (Å²) in [6.07, 6.45) is 0. The van der Waals surface area contributed by atoms with E-state index in [1.54, 1.807) is 0 Å². The third-order valence-electron chi connectivity index (χ3n) is 12.7. The van der Waals surface area contributed by atoms with E-state index in [4.69, 9.17) is 0 Å². The first-order valence-corrected chi connectivity index (χ1v) is 24.1. The van der Waals surface area contributed by atoms with Crippen molar-refractivity contribution in [2.24, 2.45) is 0 Å². The first-order valence-electron chi connectivity index (χ1n) is 21.7. The normalized spacial score (nSPS) is 11.8. The van der Waals surface area contributed by atoms with Crippen LogP contribution in [0.1, 0.15) is 0 Å². The Kier molecular flexibility index (Phi) is 8.83. The van der Waals surface area contributed by atoms with Gasteiger partial charge in [-0.3, -0.25) is 0 Å². The maximum Gasteiger partial charge on any atom is 0.0462 e. The molecule has 0 radical (unpaired) electrons. The second kappa shape index (κ2) is 15.2. The topological polar surface area (TPSA) is 3.24 Å². The lowest BCUT2D eigenvalue weighted by molar-refractivity contribution is 1.28. The zero-order valence-corrected chi connectivity index (χ0v) is 37.0. The van der Waals surface area contributed by atoms with Crippen molar-refractivity contribution in [2.45, 2.75) is 0 Å². The number of nitrogens with zero attached hydrogens (tertiary/aromatic N) is 1. The molecule has 13 rings (SSSR count). The number of hydrogen-bond donors (Lipinski definition) is 0. The SMILES string of the molecule is c1ccc(-c2cccc3c2sc2c(-c4ccc(N(c5ccc(-c6cccc7c6sc6ccccc67)cc5)c5ccc(-c6cccc7c6sc6ccccc67)cc5)cc4)cccc23)cc1. The van der Waals surface area contributed by atoms with Crippen LogP contribution in [0.4, 0.5) is 17.1 Å². The van der Waals surface area contributed by atoms with Gasteiger partial charge < -0.3 is 4.90 Å². The maximum absolute atomic E-state index is 2.39. The molecule has 3 heterocycles. The van der Waals surface area contributed by atoms with E-state index in [2.05, 4.69) is 229 Å². The number of thiophene rings is 3. The van der Waals surface area contributed by atoms with Crippen LogP contribution in [0, 0.1) is 0 Å². The van der Waals surface area contributed by atoms with Crippen LogP contribution < -0.4 is 4.90 Å². The summed E-state index contributed by atoms with van der Waals surface area (Å²) in [5.74, 6) is 0. The average molecular weight is 868 g/mol. The quantitative estimate of drug-likeness (QED) is 0.154. The van der Waals surface area contributed by atoms with Crippen LogP contribution in [0.2, 0.25) is 0 Å². The fourth-order valence-corrected chi connectivity index (χ4v) is 13.5. The van der Waals surface area contributed by atoms with Crippen LogP contribution in [-0.4, -0.2) is 0 Å². The van der Waals surface area contributed by atoms with E-state index in [-0.39, 0.29) is 0 Å². The number of benzene rings is 10. The molecule has 3 aromatic heterocycles. The fourth-order valence-electron chi connectivity index (χ4n) is 9.66. The molecule has 0 aliphatic carbocycles. The third-order valence-corrected chi connectivity index (χ3v) is 16.5. The highest BCUT2D eigenvalue weighted by Gasteiger charge is 2.18. The zero-order valence-electron chi connectivity index (χ0n) is 34.5. The molecule has 300 valence electrons. The van der Waals surface area contributed by atoms with Crippen LogP contribution in [0.15, 0.2) is 224 Å². The molecule has 0 bridgehead atoms. The van der Waals surface area contributed by atoms with Crippen LogP contribution in [0.25, 0.3) is 105 Å². The van der Waals surface area contributed by atoms with Crippen LogP contribution >= 0.6 is 34.0 Å². The minimum Gasteiger partial charge on any atom is -0.311 e. The lowest BCUT2D eigenvalue weighted by Crippen LogP contribution is -2.09. The Morgan fingerprint density at radius 1 is 0.219 bits per heavy atom. The summed E-state index contributed by atoms with van der Waals surface area (Å²) in [7, 11) is 0. The van der Waals surface area contributed by atoms with E-state index in [0.29, 0.717) is 0 Å². The molecule has 0 fully saturated rings. The molecule has 4 heteroatoms. The van der Waals surface area contributed by atoms with E-state index >= 15 is 0 Å². The molecule has 13 aromatic rings. The largest absolute Gasteiger partial charge is 0.311 e. The summed E-state index contributed by atoms with van der Waals surface area (Å²) in [4.78, 5) is 2.39. The molecule has 0 aliphatic rings. The molecule has 0 atom stereocenters. The first-order chi connectivity index (χ1) is 31.7. The minimum absolute atomic E-state index is 1.11. The van der Waals surface area contributed by atoms with Crippen molar-refractivity contribution in [3.63, 3.8) is 0 Å². The summed E-state index contributed by atoms with van der Waals surface area (Å²) in [6, 6.07) is 82.6. The van der Waals surface area contributed by atoms with Gasteiger partial charge in [-0.05, 0) is 93.0 Å². The van der Waals surface area contributed by atoms with Crippen molar-refractivity contribution in [3.05, 3.63) is 224 Å². The van der Waals surface area contributed by atoms with E-state index in [1.165, 1.54) is 105 Å². The Labute approximate surface area is 383 Å². The zero-order chi connectivity index (χ0) is 42.1. The molecular formula is C60H37NS3. The van der Waals surface area contributed by atoms with Crippen LogP contribution in [-0.2, 0) is 0 Å². The molecule has 1 nitrogen and oxygen atoms in total. The molecule has 0 unspecified atom stereocenters. The monoisotopic (exact) mass is 867 g/mol. The summed E-state index contributed by atoms with van der Waals surface area (Å²) in [6.45, 7) is 0. The Bertz CT molecular complexity index is 3720. The second-order valence-electron chi connectivity index (χ2n) is 16.4. The number of rotatable bonds is 7. The number of fused-ring (bicyclic) bond motifs is 9. The highest BCUT2D eigenvalue weighted by atomic mass is 32.1. The van der Waals surface area contributed by atoms with Gasteiger partial charge in [0.1, 0.15) is 0 Å². The fraction of sp³-hybridized carbons (Fsp3) is 0. The molecule has 0 aliphatic heterocycles. The van der Waals surface area contributed by atoms with Gasteiger partial charge in [-0.25, -0.2) is 0 Å². The van der Waals surface area contributed by atoms with Gasteiger partial charge in [0.2, 0.25) is 0 Å². The average Bonchev–Trinajstić information content (AvgIpc) is 4.07. The highest BCUT2D eigenvalue weighted by molar-refractivity contribution is 7.27. The van der Waals surface area contributed by atoms with Crippen molar-refractivity contribution >= 4 is 112 Å². The first kappa shape index (κ1) is 37.2. The summed E-state index contributed by atoms with van der Waals surface area (Å²) in [5.41, 5.74) is 13.3. The Morgan fingerprint density at radius 2 is 0.516 bits per heavy atom. The molecule has 0 amide bonds. The van der Waals surface area contributed by atoms with E-state index in [1.807, 2.05) is 34.0 Å². The van der Waals surface area contributed by atoms with Gasteiger partial charge in [0, 0.05) is 77.6 Å². The lowest BCUT2D eigenvalue weighted by Gasteiger charge is -2.26. The molecule has 64 heavy (non-hydrogen) atoms. The second-order valence-corrected chi connectivity index (χ2v) is 19.5. The van der Waals surface area contributed by atoms with Gasteiger partial charge in [-0.15, -0.1) is 34.0 Å². The molecular weight excluding hydrogens is 831 g/mol. The molecule has 0 saturated carbocycles. The van der Waals surface area contributed by atoms with E-state index < -0.39 is 0 Å². The Hall–Kier alpha value is -7.34. The predicted molar refractivity (Wildman–Crippen MR) is 282 cm³/mol. The summed E-state index contributed by atoms with van der Waals surface area (Å²) >= 11 is 5.66. The molecule has 0 saturated heterocycles. The molecule has 10 aromatic carbocycles. The highest BCUT2D eigenvalue weighted by Crippen LogP contribution is 2.46. The third kappa shape index (κ3) is 6.10. The van der Waals surface area contributed by atoms with Gasteiger partial charge in [-0.2, -0.15) is 0 Å². The van der Waals surface area contributed by atoms with Gasteiger partial charge in [0.15, 0.2) is 0 Å². The van der Waals surface area contributed by atoms with Crippen molar-refractivity contribution in [1.82, 2.24) is 0 Å². The maximum atomic E-state index is 2.39. The number of anilines is 3. The van der Waals surface area contributed by atoms with Crippen molar-refractivity contribution in [3.8, 4) is 44.5 Å². The van der Waals surface area contributed by atoms with Crippen LogP contribution in [0.3, 0.4) is 0 Å². The predicted octanol–water partition coefficient (Wildman–Crippen LogP) is 18.9. The Morgan fingerprint density at radius 3 is 0.906 bits per heavy atom. The van der Waals surface area contributed by atoms with Gasteiger partial charge in [0.25, 0.3) is 0 Å². The van der Waals surface area contributed by atoms with Crippen LogP contribution in [0.5, 0.6) is 0 Å².